The zero-order valence-corrected chi connectivity index (χ0v) is 19.2. The lowest BCUT2D eigenvalue weighted by Crippen LogP contribution is -2.43. The highest BCUT2D eigenvalue weighted by molar-refractivity contribution is 6.37. The standard InChI is InChI=1S/C23H28Cl2N2O4/c1-26-12-8-4-7-11-16-18(24)14-17(21(28)20(16)25)22(29)27-19(23(30)31-2)13-15-9-5-3-6-10-15/h3,5-6,9-10,14,19,26,28H,4,7-8,11-13H2,1-2H3,(H,27,29)/t19-/m0/s1. The number of carbonyl (C=O) groups is 2. The van der Waals surface area contributed by atoms with Gasteiger partial charge in [0.05, 0.1) is 17.7 Å². The van der Waals surface area contributed by atoms with Crippen LogP contribution in [0, 0.1) is 0 Å². The van der Waals surface area contributed by atoms with E-state index in [1.54, 1.807) is 0 Å². The van der Waals surface area contributed by atoms with Crippen LogP contribution in [0.25, 0.3) is 0 Å². The summed E-state index contributed by atoms with van der Waals surface area (Å²) in [6.07, 6.45) is 3.70. The third kappa shape index (κ3) is 7.13. The van der Waals surface area contributed by atoms with E-state index in [9.17, 15) is 14.7 Å². The fourth-order valence-corrected chi connectivity index (χ4v) is 3.90. The van der Waals surface area contributed by atoms with Gasteiger partial charge in [-0.2, -0.15) is 0 Å². The fraction of sp³-hybridized carbons (Fsp3) is 0.391. The smallest absolute Gasteiger partial charge is 0.328 e. The summed E-state index contributed by atoms with van der Waals surface area (Å²) in [5, 5.41) is 16.6. The topological polar surface area (TPSA) is 87.7 Å². The van der Waals surface area contributed by atoms with E-state index in [-0.39, 0.29) is 22.8 Å². The lowest BCUT2D eigenvalue weighted by Gasteiger charge is -2.18. The molecule has 6 nitrogen and oxygen atoms in total. The van der Waals surface area contributed by atoms with Crippen molar-refractivity contribution in [3.63, 3.8) is 0 Å². The summed E-state index contributed by atoms with van der Waals surface area (Å²) in [4.78, 5) is 25.0. The minimum Gasteiger partial charge on any atom is -0.506 e. The Hall–Kier alpha value is -2.28. The molecule has 0 aliphatic heterocycles. The molecule has 0 aliphatic carbocycles. The molecule has 1 amide bonds. The molecule has 0 heterocycles. The van der Waals surface area contributed by atoms with Crippen LogP contribution < -0.4 is 10.6 Å². The van der Waals surface area contributed by atoms with E-state index in [4.69, 9.17) is 27.9 Å². The molecule has 0 saturated carbocycles. The number of halogens is 2. The molecular formula is C23H28Cl2N2O4. The minimum atomic E-state index is -0.927. The van der Waals surface area contributed by atoms with Crippen LogP contribution in [0.3, 0.4) is 0 Å². The summed E-state index contributed by atoms with van der Waals surface area (Å²) in [7, 11) is 3.16. The van der Waals surface area contributed by atoms with Crippen LogP contribution in [0.4, 0.5) is 0 Å². The third-order valence-corrected chi connectivity index (χ3v) is 5.70. The third-order valence-electron chi connectivity index (χ3n) is 4.96. The molecule has 1 atom stereocenters. The highest BCUT2D eigenvalue weighted by Crippen LogP contribution is 2.37. The summed E-state index contributed by atoms with van der Waals surface area (Å²) in [5.74, 6) is -1.60. The van der Waals surface area contributed by atoms with Gasteiger partial charge in [0.25, 0.3) is 5.91 Å². The van der Waals surface area contributed by atoms with Crippen molar-refractivity contribution in [2.75, 3.05) is 20.7 Å². The van der Waals surface area contributed by atoms with E-state index in [1.165, 1.54) is 13.2 Å². The quantitative estimate of drug-likeness (QED) is 0.342. The van der Waals surface area contributed by atoms with Gasteiger partial charge in [-0.05, 0) is 50.0 Å². The molecular weight excluding hydrogens is 439 g/mol. The predicted molar refractivity (Wildman–Crippen MR) is 123 cm³/mol. The van der Waals surface area contributed by atoms with Crippen LogP contribution in [-0.2, 0) is 22.4 Å². The first-order valence-electron chi connectivity index (χ1n) is 10.2. The molecule has 8 heteroatoms. The summed E-state index contributed by atoms with van der Waals surface area (Å²) < 4.78 is 4.82. The number of amides is 1. The first-order valence-corrected chi connectivity index (χ1v) is 10.9. The number of hydrogen-bond acceptors (Lipinski definition) is 5. The van der Waals surface area contributed by atoms with Crippen molar-refractivity contribution in [3.05, 3.63) is 63.1 Å². The van der Waals surface area contributed by atoms with Crippen molar-refractivity contribution in [2.24, 2.45) is 0 Å². The molecule has 0 aliphatic rings. The van der Waals surface area contributed by atoms with Gasteiger partial charge < -0.3 is 20.5 Å². The van der Waals surface area contributed by atoms with Crippen LogP contribution in [0.2, 0.25) is 10.0 Å². The maximum Gasteiger partial charge on any atom is 0.328 e. The van der Waals surface area contributed by atoms with Crippen LogP contribution >= 0.6 is 23.2 Å². The normalized spacial score (nSPS) is 11.7. The van der Waals surface area contributed by atoms with Gasteiger partial charge in [-0.1, -0.05) is 60.0 Å². The predicted octanol–water partition coefficient (Wildman–Crippen LogP) is 4.15. The highest BCUT2D eigenvalue weighted by atomic mass is 35.5. The van der Waals surface area contributed by atoms with Gasteiger partial charge in [0.2, 0.25) is 0 Å². The minimum absolute atomic E-state index is 0.0592. The Morgan fingerprint density at radius 3 is 2.48 bits per heavy atom. The number of rotatable bonds is 11. The van der Waals surface area contributed by atoms with Crippen LogP contribution in [0.5, 0.6) is 5.75 Å². The molecule has 0 spiro atoms. The molecule has 168 valence electrons. The van der Waals surface area contributed by atoms with Crippen molar-refractivity contribution in [1.82, 2.24) is 10.6 Å². The number of aromatic hydroxyl groups is 1. The Balaban J connectivity index is 2.16. The van der Waals surface area contributed by atoms with E-state index >= 15 is 0 Å². The molecule has 3 N–H and O–H groups in total. The second kappa shape index (κ2) is 12.5. The number of methoxy groups -OCH3 is 1. The number of unbranched alkanes of at least 4 members (excludes halogenated alkanes) is 2. The van der Waals surface area contributed by atoms with Gasteiger partial charge in [-0.25, -0.2) is 4.79 Å². The molecule has 0 unspecified atom stereocenters. The SMILES string of the molecule is CNCCCCCc1c(Cl)cc(C(=O)N[C@@H](Cc2ccccc2)C(=O)OC)c(O)c1Cl. The molecule has 0 bridgehead atoms. The van der Waals surface area contributed by atoms with Gasteiger partial charge in [-0.3, -0.25) is 4.79 Å². The molecule has 0 saturated heterocycles. The van der Waals surface area contributed by atoms with Gasteiger partial charge in [0, 0.05) is 11.4 Å². The van der Waals surface area contributed by atoms with Crippen molar-refractivity contribution in [1.29, 1.82) is 0 Å². The van der Waals surface area contributed by atoms with Crippen LogP contribution in [-0.4, -0.2) is 43.7 Å². The summed E-state index contributed by atoms with van der Waals surface area (Å²) in [6.45, 7) is 0.927. The molecule has 2 aromatic carbocycles. The Bertz CT molecular complexity index is 891. The summed E-state index contributed by atoms with van der Waals surface area (Å²) >= 11 is 12.7. The second-order valence-electron chi connectivity index (χ2n) is 7.20. The van der Waals surface area contributed by atoms with E-state index in [1.807, 2.05) is 37.4 Å². The van der Waals surface area contributed by atoms with E-state index < -0.39 is 17.9 Å². The largest absolute Gasteiger partial charge is 0.506 e. The van der Waals surface area contributed by atoms with Crippen molar-refractivity contribution >= 4 is 35.1 Å². The maximum absolute atomic E-state index is 12.8. The molecule has 2 rings (SSSR count). The van der Waals surface area contributed by atoms with E-state index in [0.717, 1.165) is 31.4 Å². The number of carbonyl (C=O) groups excluding carboxylic acids is 2. The number of esters is 1. The summed E-state index contributed by atoms with van der Waals surface area (Å²) in [6, 6.07) is 9.70. The monoisotopic (exact) mass is 466 g/mol. The van der Waals surface area contributed by atoms with Crippen molar-refractivity contribution < 1.29 is 19.4 Å². The average molecular weight is 467 g/mol. The first kappa shape index (κ1) is 25.0. The number of phenols is 1. The second-order valence-corrected chi connectivity index (χ2v) is 7.99. The maximum atomic E-state index is 12.8. The molecule has 0 fully saturated rings. The number of phenolic OH excluding ortho intramolecular Hbond substituents is 1. The number of benzene rings is 2. The molecule has 31 heavy (non-hydrogen) atoms. The van der Waals surface area contributed by atoms with Gasteiger partial charge in [0.1, 0.15) is 11.8 Å². The van der Waals surface area contributed by atoms with E-state index in [0.29, 0.717) is 17.0 Å². The zero-order valence-electron chi connectivity index (χ0n) is 17.7. The molecule has 2 aromatic rings. The van der Waals surface area contributed by atoms with Crippen molar-refractivity contribution in [2.45, 2.75) is 38.1 Å². The van der Waals surface area contributed by atoms with Crippen LogP contribution in [0.1, 0.15) is 40.7 Å². The first-order chi connectivity index (χ1) is 14.9. The Morgan fingerprint density at radius 2 is 1.84 bits per heavy atom. The van der Waals surface area contributed by atoms with E-state index in [2.05, 4.69) is 10.6 Å². The lowest BCUT2D eigenvalue weighted by molar-refractivity contribution is -0.142. The lowest BCUT2D eigenvalue weighted by atomic mass is 10.0. The number of ether oxygens (including phenoxy) is 1. The van der Waals surface area contributed by atoms with Gasteiger partial charge >= 0.3 is 5.97 Å². The number of nitrogens with one attached hydrogen (secondary N) is 2. The molecule has 0 aromatic heterocycles. The Kier molecular flexibility index (Phi) is 10.1. The van der Waals surface area contributed by atoms with Crippen LogP contribution in [0.15, 0.2) is 36.4 Å². The Labute approximate surface area is 192 Å². The summed E-state index contributed by atoms with van der Waals surface area (Å²) in [5.41, 5.74) is 1.37. The molecule has 0 radical (unpaired) electrons. The van der Waals surface area contributed by atoms with Crippen molar-refractivity contribution in [3.8, 4) is 5.75 Å². The highest BCUT2D eigenvalue weighted by Gasteiger charge is 2.26. The average Bonchev–Trinajstić information content (AvgIpc) is 2.77. The van der Waals surface area contributed by atoms with Gasteiger partial charge in [0.15, 0.2) is 0 Å². The van der Waals surface area contributed by atoms with Gasteiger partial charge in [-0.15, -0.1) is 0 Å². The fourth-order valence-electron chi connectivity index (χ4n) is 3.25. The zero-order chi connectivity index (χ0) is 22.8. The number of hydrogen-bond donors (Lipinski definition) is 3. The Morgan fingerprint density at radius 1 is 1.13 bits per heavy atom.